The molecule has 0 saturated heterocycles. The Morgan fingerprint density at radius 3 is 2.57 bits per heavy atom. The molecule has 3 N–H and O–H groups in total. The molecule has 0 fully saturated rings. The van der Waals surface area contributed by atoms with Gasteiger partial charge >= 0.3 is 12.0 Å². The van der Waals surface area contributed by atoms with Crippen LogP contribution in [-0.4, -0.2) is 32.1 Å². The smallest absolute Gasteiger partial charge is 0.339 e. The quantitative estimate of drug-likeness (QED) is 0.576. The second-order valence-corrected chi connectivity index (χ2v) is 7.36. The number of halogens is 1. The van der Waals surface area contributed by atoms with Crippen LogP contribution >= 0.6 is 15.9 Å². The Morgan fingerprint density at radius 2 is 1.87 bits per heavy atom. The van der Waals surface area contributed by atoms with Crippen molar-refractivity contribution < 1.29 is 23.9 Å². The van der Waals surface area contributed by atoms with E-state index in [-0.39, 0.29) is 11.1 Å². The van der Waals surface area contributed by atoms with E-state index in [0.717, 1.165) is 4.47 Å². The molecule has 2 aromatic carbocycles. The van der Waals surface area contributed by atoms with Gasteiger partial charge in [-0.1, -0.05) is 28.1 Å². The predicted octanol–water partition coefficient (Wildman–Crippen LogP) is 3.51. The number of ether oxygens (including phenoxy) is 2. The van der Waals surface area contributed by atoms with E-state index < -0.39 is 23.9 Å². The van der Waals surface area contributed by atoms with Crippen molar-refractivity contribution >= 4 is 39.5 Å². The summed E-state index contributed by atoms with van der Waals surface area (Å²) in [5.74, 6) is -0.543. The number of hydrogen-bond donors (Lipinski definition) is 3. The fourth-order valence-corrected chi connectivity index (χ4v) is 3.61. The highest BCUT2D eigenvalue weighted by molar-refractivity contribution is 9.10. The highest BCUT2D eigenvalue weighted by atomic mass is 79.9. The molecule has 1 heterocycles. The van der Waals surface area contributed by atoms with E-state index in [1.54, 1.807) is 49.4 Å². The number of methoxy groups -OCH3 is 2. The van der Waals surface area contributed by atoms with Crippen LogP contribution in [0.2, 0.25) is 0 Å². The molecule has 3 amide bonds. The van der Waals surface area contributed by atoms with Crippen molar-refractivity contribution in [1.82, 2.24) is 10.6 Å². The molecule has 1 aliphatic heterocycles. The van der Waals surface area contributed by atoms with Crippen molar-refractivity contribution in [3.63, 3.8) is 0 Å². The summed E-state index contributed by atoms with van der Waals surface area (Å²) < 4.78 is 11.0. The van der Waals surface area contributed by atoms with Gasteiger partial charge < -0.3 is 25.4 Å². The normalized spacial score (nSPS) is 15.7. The summed E-state index contributed by atoms with van der Waals surface area (Å²) in [5.41, 5.74) is 1.79. The molecule has 2 aromatic rings. The standard InChI is InChI=1S/C21H20BrN3O5/c1-11-17(19(26)24-15-7-5-4-6-13(15)20(27)30-3)18(25-21(28)23-11)14-10-12(22)8-9-16(14)29-2/h4-10,18H,1-3H3,(H,24,26)(H2,23,25,28). The predicted molar refractivity (Wildman–Crippen MR) is 114 cm³/mol. The van der Waals surface area contributed by atoms with Gasteiger partial charge in [-0.25, -0.2) is 9.59 Å². The van der Waals surface area contributed by atoms with Crippen molar-refractivity contribution in [3.8, 4) is 5.75 Å². The van der Waals surface area contributed by atoms with E-state index in [1.165, 1.54) is 14.2 Å². The molecule has 0 spiro atoms. The number of amides is 3. The van der Waals surface area contributed by atoms with E-state index in [0.29, 0.717) is 22.7 Å². The second-order valence-electron chi connectivity index (χ2n) is 6.45. The van der Waals surface area contributed by atoms with Gasteiger partial charge in [0.15, 0.2) is 0 Å². The van der Waals surface area contributed by atoms with Gasteiger partial charge in [-0.15, -0.1) is 0 Å². The maximum absolute atomic E-state index is 13.3. The lowest BCUT2D eigenvalue weighted by Crippen LogP contribution is -2.46. The largest absolute Gasteiger partial charge is 0.496 e. The molecule has 30 heavy (non-hydrogen) atoms. The molecule has 1 aliphatic rings. The van der Waals surface area contributed by atoms with Crippen LogP contribution in [0.1, 0.15) is 28.9 Å². The zero-order valence-electron chi connectivity index (χ0n) is 16.5. The number of allylic oxidation sites excluding steroid dienone is 1. The lowest BCUT2D eigenvalue weighted by Gasteiger charge is -2.29. The molecule has 0 radical (unpaired) electrons. The first kappa shape index (κ1) is 21.4. The number of esters is 1. The summed E-state index contributed by atoms with van der Waals surface area (Å²) in [6.07, 6.45) is 0. The first-order valence-corrected chi connectivity index (χ1v) is 9.75. The minimum Gasteiger partial charge on any atom is -0.496 e. The van der Waals surface area contributed by atoms with Gasteiger partial charge in [-0.3, -0.25) is 4.79 Å². The Kier molecular flexibility index (Phi) is 6.41. The Morgan fingerprint density at radius 1 is 1.13 bits per heavy atom. The van der Waals surface area contributed by atoms with E-state index >= 15 is 0 Å². The number of carbonyl (C=O) groups excluding carboxylic acids is 3. The van der Waals surface area contributed by atoms with Gasteiger partial charge in [0.05, 0.1) is 37.1 Å². The fourth-order valence-electron chi connectivity index (χ4n) is 3.23. The maximum Gasteiger partial charge on any atom is 0.339 e. The molecule has 9 heteroatoms. The van der Waals surface area contributed by atoms with Crippen LogP contribution in [0.5, 0.6) is 5.75 Å². The Balaban J connectivity index is 2.03. The van der Waals surface area contributed by atoms with Crippen molar-refractivity contribution in [1.29, 1.82) is 0 Å². The van der Waals surface area contributed by atoms with Crippen LogP contribution in [0.3, 0.4) is 0 Å². The van der Waals surface area contributed by atoms with Crippen LogP contribution in [0.25, 0.3) is 0 Å². The number of para-hydroxylation sites is 1. The van der Waals surface area contributed by atoms with E-state index in [2.05, 4.69) is 31.9 Å². The van der Waals surface area contributed by atoms with E-state index in [9.17, 15) is 14.4 Å². The second kappa shape index (κ2) is 9.00. The summed E-state index contributed by atoms with van der Waals surface area (Å²) in [6, 6.07) is 10.6. The van der Waals surface area contributed by atoms with Crippen molar-refractivity contribution in [2.75, 3.05) is 19.5 Å². The Labute approximate surface area is 181 Å². The third-order valence-corrected chi connectivity index (χ3v) is 5.09. The maximum atomic E-state index is 13.3. The number of hydrogen-bond acceptors (Lipinski definition) is 5. The Bertz CT molecular complexity index is 1050. The minimum absolute atomic E-state index is 0.219. The molecule has 1 unspecified atom stereocenters. The molecule has 0 bridgehead atoms. The molecule has 156 valence electrons. The van der Waals surface area contributed by atoms with Crippen molar-refractivity contribution in [2.45, 2.75) is 13.0 Å². The average molecular weight is 474 g/mol. The zero-order valence-corrected chi connectivity index (χ0v) is 18.1. The summed E-state index contributed by atoms with van der Waals surface area (Å²) in [5, 5.41) is 8.14. The molecular formula is C21H20BrN3O5. The monoisotopic (exact) mass is 473 g/mol. The SMILES string of the molecule is COC(=O)c1ccccc1NC(=O)C1=C(C)NC(=O)NC1c1cc(Br)ccc1OC. The van der Waals surface area contributed by atoms with E-state index in [1.807, 2.05) is 0 Å². The molecule has 0 saturated carbocycles. The van der Waals surface area contributed by atoms with Gasteiger partial charge in [-0.05, 0) is 37.3 Å². The number of benzene rings is 2. The number of carbonyl (C=O) groups is 3. The Hall–Kier alpha value is -3.33. The molecule has 0 aliphatic carbocycles. The third-order valence-electron chi connectivity index (χ3n) is 4.60. The van der Waals surface area contributed by atoms with Crippen LogP contribution in [0, 0.1) is 0 Å². The molecule has 3 rings (SSSR count). The van der Waals surface area contributed by atoms with Gasteiger partial charge in [0.25, 0.3) is 5.91 Å². The van der Waals surface area contributed by atoms with Gasteiger partial charge in [-0.2, -0.15) is 0 Å². The summed E-state index contributed by atoms with van der Waals surface area (Å²) in [6.45, 7) is 1.64. The minimum atomic E-state index is -0.767. The van der Waals surface area contributed by atoms with Crippen molar-refractivity contribution in [3.05, 3.63) is 69.3 Å². The lowest BCUT2D eigenvalue weighted by molar-refractivity contribution is -0.113. The summed E-state index contributed by atoms with van der Waals surface area (Å²) in [4.78, 5) is 37.4. The molecule has 0 aromatic heterocycles. The summed E-state index contributed by atoms with van der Waals surface area (Å²) >= 11 is 3.41. The number of nitrogens with one attached hydrogen (secondary N) is 3. The van der Waals surface area contributed by atoms with Gasteiger partial charge in [0.2, 0.25) is 0 Å². The number of urea groups is 1. The zero-order chi connectivity index (χ0) is 21.8. The molecule has 8 nitrogen and oxygen atoms in total. The topological polar surface area (TPSA) is 106 Å². The van der Waals surface area contributed by atoms with Crippen LogP contribution in [0.15, 0.2) is 58.2 Å². The fraction of sp³-hybridized carbons (Fsp3) is 0.190. The third kappa shape index (κ3) is 4.30. The first-order valence-electron chi connectivity index (χ1n) is 8.96. The van der Waals surface area contributed by atoms with Crippen LogP contribution < -0.4 is 20.7 Å². The molecule has 1 atom stereocenters. The average Bonchev–Trinajstić information content (AvgIpc) is 2.72. The highest BCUT2D eigenvalue weighted by Crippen LogP contribution is 2.35. The van der Waals surface area contributed by atoms with Crippen LogP contribution in [0.4, 0.5) is 10.5 Å². The van der Waals surface area contributed by atoms with Gasteiger partial charge in [0, 0.05) is 15.7 Å². The van der Waals surface area contributed by atoms with Gasteiger partial charge in [0.1, 0.15) is 5.75 Å². The van der Waals surface area contributed by atoms with Crippen molar-refractivity contribution in [2.24, 2.45) is 0 Å². The lowest BCUT2D eigenvalue weighted by atomic mass is 9.94. The molecular weight excluding hydrogens is 454 g/mol. The first-order chi connectivity index (χ1) is 14.3. The van der Waals surface area contributed by atoms with Crippen LogP contribution in [-0.2, 0) is 9.53 Å². The number of anilines is 1. The van der Waals surface area contributed by atoms with E-state index in [4.69, 9.17) is 9.47 Å². The summed E-state index contributed by atoms with van der Waals surface area (Å²) in [7, 11) is 2.78. The highest BCUT2D eigenvalue weighted by Gasteiger charge is 2.33. The number of rotatable bonds is 5.